The predicted octanol–water partition coefficient (Wildman–Crippen LogP) is 4.11. The summed E-state index contributed by atoms with van der Waals surface area (Å²) in [4.78, 5) is 14.2. The van der Waals surface area contributed by atoms with Crippen molar-refractivity contribution < 1.29 is 19.0 Å². The van der Waals surface area contributed by atoms with Gasteiger partial charge in [0.15, 0.2) is 0 Å². The minimum absolute atomic E-state index is 0.0537. The Bertz CT molecular complexity index is 642. The molecule has 0 spiro atoms. The van der Waals surface area contributed by atoms with E-state index in [0.29, 0.717) is 36.3 Å². The molecular formula is C18H23Cl2NO4. The monoisotopic (exact) mass is 387 g/mol. The molecule has 2 heterocycles. The molecule has 7 heteroatoms. The van der Waals surface area contributed by atoms with Crippen molar-refractivity contribution in [1.82, 2.24) is 4.90 Å². The van der Waals surface area contributed by atoms with Gasteiger partial charge in [0.05, 0.1) is 29.4 Å². The molecule has 138 valence electrons. The van der Waals surface area contributed by atoms with Crippen LogP contribution in [0.4, 0.5) is 4.79 Å². The zero-order chi connectivity index (χ0) is 18.2. The van der Waals surface area contributed by atoms with Crippen LogP contribution in [-0.2, 0) is 14.2 Å². The number of amides is 1. The molecule has 0 bridgehead atoms. The summed E-state index contributed by atoms with van der Waals surface area (Å²) in [5.74, 6) is -0.0581. The van der Waals surface area contributed by atoms with E-state index in [1.165, 1.54) is 0 Å². The lowest BCUT2D eigenvalue weighted by atomic mass is 9.91. The quantitative estimate of drug-likeness (QED) is 0.716. The number of ether oxygens (including phenoxy) is 3. The van der Waals surface area contributed by atoms with Crippen molar-refractivity contribution in [3.05, 3.63) is 33.8 Å². The molecule has 2 saturated heterocycles. The van der Waals surface area contributed by atoms with Crippen molar-refractivity contribution in [2.75, 3.05) is 26.3 Å². The lowest BCUT2D eigenvalue weighted by Crippen LogP contribution is -2.40. The van der Waals surface area contributed by atoms with Gasteiger partial charge < -0.3 is 19.1 Å². The van der Waals surface area contributed by atoms with Gasteiger partial charge in [0.1, 0.15) is 11.7 Å². The van der Waals surface area contributed by atoms with Gasteiger partial charge in [-0.05, 0) is 38.5 Å². The summed E-state index contributed by atoms with van der Waals surface area (Å²) < 4.78 is 17.0. The van der Waals surface area contributed by atoms with Crippen LogP contribution >= 0.6 is 23.2 Å². The third-order valence-electron chi connectivity index (χ3n) is 4.23. The fourth-order valence-corrected chi connectivity index (χ4v) is 3.30. The van der Waals surface area contributed by atoms with E-state index in [4.69, 9.17) is 37.4 Å². The van der Waals surface area contributed by atoms with E-state index in [9.17, 15) is 4.79 Å². The summed E-state index contributed by atoms with van der Waals surface area (Å²) in [6, 6.07) is 5.54. The number of epoxide rings is 1. The first-order valence-electron chi connectivity index (χ1n) is 8.41. The molecule has 2 aliphatic heterocycles. The Morgan fingerprint density at radius 2 is 1.96 bits per heavy atom. The van der Waals surface area contributed by atoms with Crippen LogP contribution in [0, 0.1) is 0 Å². The molecule has 3 unspecified atom stereocenters. The summed E-state index contributed by atoms with van der Waals surface area (Å²) in [6.45, 7) is 7.66. The van der Waals surface area contributed by atoms with Crippen molar-refractivity contribution in [2.24, 2.45) is 0 Å². The molecule has 2 fully saturated rings. The standard InChI is InChI=1S/C18H23Cl2NO4/c1-18(2,3)25-17(22)21-6-7-23-16(15-10-24-15)12(9-21)11-4-5-13(19)14(20)8-11/h4-5,8,12,15-16H,6-7,9-10H2,1-3H3. The Hall–Kier alpha value is -1.01. The number of carbonyl (C=O) groups is 1. The van der Waals surface area contributed by atoms with Crippen LogP contribution in [0.25, 0.3) is 0 Å². The van der Waals surface area contributed by atoms with Gasteiger partial charge in [-0.15, -0.1) is 0 Å². The van der Waals surface area contributed by atoms with E-state index >= 15 is 0 Å². The maximum atomic E-state index is 12.5. The summed E-state index contributed by atoms with van der Waals surface area (Å²) in [5.41, 5.74) is 0.438. The van der Waals surface area contributed by atoms with Gasteiger partial charge in [0.2, 0.25) is 0 Å². The maximum absolute atomic E-state index is 12.5. The SMILES string of the molecule is CC(C)(C)OC(=O)N1CCOC(C2CO2)C(c2ccc(Cl)c(Cl)c2)C1. The number of halogens is 2. The average molecular weight is 388 g/mol. The van der Waals surface area contributed by atoms with Gasteiger partial charge >= 0.3 is 6.09 Å². The molecule has 1 aromatic carbocycles. The maximum Gasteiger partial charge on any atom is 0.410 e. The minimum atomic E-state index is -0.539. The molecule has 25 heavy (non-hydrogen) atoms. The zero-order valence-electron chi connectivity index (χ0n) is 14.6. The van der Waals surface area contributed by atoms with Crippen LogP contribution in [0.5, 0.6) is 0 Å². The largest absolute Gasteiger partial charge is 0.444 e. The van der Waals surface area contributed by atoms with E-state index in [-0.39, 0.29) is 24.2 Å². The molecular weight excluding hydrogens is 365 g/mol. The highest BCUT2D eigenvalue weighted by Crippen LogP contribution is 2.35. The van der Waals surface area contributed by atoms with E-state index in [2.05, 4.69) is 0 Å². The van der Waals surface area contributed by atoms with Gasteiger partial charge in [-0.25, -0.2) is 4.79 Å². The second-order valence-corrected chi connectivity index (χ2v) is 8.23. The Balaban J connectivity index is 1.84. The summed E-state index contributed by atoms with van der Waals surface area (Å²) in [6.07, 6.45) is -0.402. The summed E-state index contributed by atoms with van der Waals surface area (Å²) in [5, 5.41) is 0.992. The van der Waals surface area contributed by atoms with E-state index in [1.807, 2.05) is 32.9 Å². The van der Waals surface area contributed by atoms with Gasteiger partial charge in [-0.3, -0.25) is 0 Å². The molecule has 5 nitrogen and oxygen atoms in total. The summed E-state index contributed by atoms with van der Waals surface area (Å²) >= 11 is 12.2. The highest BCUT2D eigenvalue weighted by molar-refractivity contribution is 6.42. The van der Waals surface area contributed by atoms with Crippen LogP contribution < -0.4 is 0 Å². The van der Waals surface area contributed by atoms with E-state index in [1.54, 1.807) is 11.0 Å². The Morgan fingerprint density at radius 3 is 2.56 bits per heavy atom. The molecule has 3 atom stereocenters. The van der Waals surface area contributed by atoms with Crippen molar-refractivity contribution in [2.45, 2.75) is 44.5 Å². The number of carbonyl (C=O) groups excluding carboxylic acids is 1. The van der Waals surface area contributed by atoms with Crippen molar-refractivity contribution in [3.8, 4) is 0 Å². The molecule has 2 aliphatic rings. The number of nitrogens with zero attached hydrogens (tertiary/aromatic N) is 1. The third kappa shape index (κ3) is 4.79. The van der Waals surface area contributed by atoms with Crippen LogP contribution in [0.1, 0.15) is 32.3 Å². The average Bonchev–Trinajstić information content (AvgIpc) is 3.32. The normalized spacial score (nSPS) is 26.9. The second-order valence-electron chi connectivity index (χ2n) is 7.41. The van der Waals surface area contributed by atoms with Crippen LogP contribution in [0.3, 0.4) is 0 Å². The minimum Gasteiger partial charge on any atom is -0.444 e. The smallest absolute Gasteiger partial charge is 0.410 e. The van der Waals surface area contributed by atoms with E-state index < -0.39 is 5.60 Å². The fourth-order valence-electron chi connectivity index (χ4n) is 2.99. The van der Waals surface area contributed by atoms with Gasteiger partial charge in [0.25, 0.3) is 0 Å². The van der Waals surface area contributed by atoms with Crippen molar-refractivity contribution >= 4 is 29.3 Å². The Kier molecular flexibility index (Phi) is 5.49. The topological polar surface area (TPSA) is 51.3 Å². The molecule has 3 rings (SSSR count). The molecule has 0 radical (unpaired) electrons. The third-order valence-corrected chi connectivity index (χ3v) is 4.97. The first-order chi connectivity index (χ1) is 11.7. The number of hydrogen-bond donors (Lipinski definition) is 0. The lowest BCUT2D eigenvalue weighted by molar-refractivity contribution is 0.0213. The van der Waals surface area contributed by atoms with Crippen LogP contribution in [0.15, 0.2) is 18.2 Å². The number of rotatable bonds is 2. The number of hydrogen-bond acceptors (Lipinski definition) is 4. The lowest BCUT2D eigenvalue weighted by Gasteiger charge is -2.29. The Labute approximate surface area is 158 Å². The molecule has 1 amide bonds. The fraction of sp³-hybridized carbons (Fsp3) is 0.611. The molecule has 0 N–H and O–H groups in total. The molecule has 1 aromatic rings. The van der Waals surface area contributed by atoms with Gasteiger partial charge in [0, 0.05) is 19.0 Å². The molecule has 0 aromatic heterocycles. The Morgan fingerprint density at radius 1 is 1.24 bits per heavy atom. The second kappa shape index (κ2) is 7.31. The first-order valence-corrected chi connectivity index (χ1v) is 9.16. The summed E-state index contributed by atoms with van der Waals surface area (Å²) in [7, 11) is 0. The van der Waals surface area contributed by atoms with Crippen LogP contribution in [0.2, 0.25) is 10.0 Å². The predicted molar refractivity (Wildman–Crippen MR) is 96.5 cm³/mol. The molecule has 0 saturated carbocycles. The van der Waals surface area contributed by atoms with E-state index in [0.717, 1.165) is 5.56 Å². The van der Waals surface area contributed by atoms with Crippen molar-refractivity contribution in [3.63, 3.8) is 0 Å². The van der Waals surface area contributed by atoms with Crippen LogP contribution in [-0.4, -0.2) is 55.1 Å². The number of benzene rings is 1. The van der Waals surface area contributed by atoms with Crippen molar-refractivity contribution in [1.29, 1.82) is 0 Å². The highest BCUT2D eigenvalue weighted by Gasteiger charge is 2.43. The highest BCUT2D eigenvalue weighted by atomic mass is 35.5. The van der Waals surface area contributed by atoms with Gasteiger partial charge in [-0.1, -0.05) is 29.3 Å². The first kappa shape index (κ1) is 18.8. The van der Waals surface area contributed by atoms with Gasteiger partial charge in [-0.2, -0.15) is 0 Å². The molecule has 0 aliphatic carbocycles. The zero-order valence-corrected chi connectivity index (χ0v) is 16.1.